The molecule has 2 N–H and O–H groups in total. The highest BCUT2D eigenvalue weighted by atomic mass is 32.2. The number of carboxylic acid groups (broad SMARTS) is 1. The van der Waals surface area contributed by atoms with E-state index >= 15 is 0 Å². The Hall–Kier alpha value is -1.92. The average molecular weight is 303 g/mol. The van der Waals surface area contributed by atoms with Crippen LogP contribution in [0.15, 0.2) is 47.9 Å². The zero-order valence-electron chi connectivity index (χ0n) is 11.7. The monoisotopic (exact) mass is 303 g/mol. The molecule has 0 radical (unpaired) electrons. The second kappa shape index (κ2) is 7.75. The first-order chi connectivity index (χ1) is 10.2. The van der Waals surface area contributed by atoms with Gasteiger partial charge in [0.1, 0.15) is 6.04 Å². The van der Waals surface area contributed by atoms with Crippen LogP contribution >= 0.6 is 11.8 Å². The maximum Gasteiger partial charge on any atom is 0.321 e. The summed E-state index contributed by atoms with van der Waals surface area (Å²) in [5.41, 5.74) is 1.86. The second-order valence-corrected chi connectivity index (χ2v) is 5.31. The van der Waals surface area contributed by atoms with Crippen LogP contribution in [0.5, 0.6) is 0 Å². The third kappa shape index (κ3) is 4.84. The molecular formula is C15H17N3O2S. The fraction of sp³-hybridized carbons (Fsp3) is 0.267. The number of hydrogen-bond acceptors (Lipinski definition) is 5. The number of benzene rings is 1. The summed E-state index contributed by atoms with van der Waals surface area (Å²) in [6.07, 6.45) is 5.79. The molecule has 1 heterocycles. The summed E-state index contributed by atoms with van der Waals surface area (Å²) in [6, 6.07) is 8.94. The summed E-state index contributed by atoms with van der Waals surface area (Å²) in [7, 11) is 0. The smallest absolute Gasteiger partial charge is 0.321 e. The van der Waals surface area contributed by atoms with Crippen molar-refractivity contribution >= 4 is 17.7 Å². The largest absolute Gasteiger partial charge is 0.480 e. The lowest BCUT2D eigenvalue weighted by Gasteiger charge is -2.14. The predicted molar refractivity (Wildman–Crippen MR) is 82.2 cm³/mol. The quantitative estimate of drug-likeness (QED) is 0.602. The average Bonchev–Trinajstić information content (AvgIpc) is 2.52. The first kappa shape index (κ1) is 15.5. The highest BCUT2D eigenvalue weighted by Crippen LogP contribution is 2.08. The molecule has 2 rings (SSSR count). The lowest BCUT2D eigenvalue weighted by atomic mass is 10.1. The van der Waals surface area contributed by atoms with Crippen LogP contribution in [-0.4, -0.2) is 33.3 Å². The Morgan fingerprint density at radius 2 is 1.90 bits per heavy atom. The van der Waals surface area contributed by atoms with Crippen molar-refractivity contribution in [2.75, 3.05) is 6.26 Å². The highest BCUT2D eigenvalue weighted by molar-refractivity contribution is 7.98. The summed E-state index contributed by atoms with van der Waals surface area (Å²) in [4.78, 5) is 19.7. The minimum Gasteiger partial charge on any atom is -0.480 e. The number of carboxylic acids is 1. The van der Waals surface area contributed by atoms with Gasteiger partial charge in [0.25, 0.3) is 0 Å². The van der Waals surface area contributed by atoms with E-state index in [1.807, 2.05) is 36.6 Å². The zero-order chi connectivity index (χ0) is 15.1. The van der Waals surface area contributed by atoms with Crippen LogP contribution < -0.4 is 5.32 Å². The first-order valence-corrected chi connectivity index (χ1v) is 7.76. The van der Waals surface area contributed by atoms with E-state index in [4.69, 9.17) is 0 Å². The molecule has 0 bridgehead atoms. The van der Waals surface area contributed by atoms with Crippen LogP contribution in [-0.2, 0) is 17.8 Å². The van der Waals surface area contributed by atoms with Gasteiger partial charge in [0.15, 0.2) is 5.16 Å². The fourth-order valence-corrected chi connectivity index (χ4v) is 2.19. The fourth-order valence-electron chi connectivity index (χ4n) is 1.88. The van der Waals surface area contributed by atoms with E-state index in [1.54, 1.807) is 12.4 Å². The minimum atomic E-state index is -0.861. The molecule has 1 aromatic carbocycles. The maximum absolute atomic E-state index is 11.3. The second-order valence-electron chi connectivity index (χ2n) is 4.54. The van der Waals surface area contributed by atoms with E-state index in [9.17, 15) is 9.90 Å². The summed E-state index contributed by atoms with van der Waals surface area (Å²) >= 11 is 1.47. The van der Waals surface area contributed by atoms with Crippen LogP contribution in [0.4, 0.5) is 0 Å². The minimum absolute atomic E-state index is 0.429. The molecule has 2 aromatic rings. The predicted octanol–water partition coefficient (Wildman–Crippen LogP) is 1.98. The third-order valence-corrected chi connectivity index (χ3v) is 3.57. The number of nitrogens with one attached hydrogen (secondary N) is 1. The van der Waals surface area contributed by atoms with Crippen molar-refractivity contribution in [3.63, 3.8) is 0 Å². The molecule has 0 saturated heterocycles. The molecule has 0 spiro atoms. The SMILES string of the molecule is CSc1ncc(CNC(Cc2ccccc2)C(=O)O)cn1. The van der Waals surface area contributed by atoms with Gasteiger partial charge < -0.3 is 5.11 Å². The lowest BCUT2D eigenvalue weighted by molar-refractivity contribution is -0.139. The van der Waals surface area contributed by atoms with Gasteiger partial charge in [-0.2, -0.15) is 0 Å². The normalized spacial score (nSPS) is 12.0. The van der Waals surface area contributed by atoms with Crippen LogP contribution in [0.25, 0.3) is 0 Å². The Bertz CT molecular complexity index is 575. The number of hydrogen-bond donors (Lipinski definition) is 2. The van der Waals surface area contributed by atoms with E-state index < -0.39 is 12.0 Å². The van der Waals surface area contributed by atoms with E-state index in [0.717, 1.165) is 11.1 Å². The van der Waals surface area contributed by atoms with Crippen LogP contribution in [0.2, 0.25) is 0 Å². The van der Waals surface area contributed by atoms with Crippen LogP contribution in [0, 0.1) is 0 Å². The Labute approximate surface area is 127 Å². The Morgan fingerprint density at radius 3 is 2.48 bits per heavy atom. The van der Waals surface area contributed by atoms with Crippen molar-refractivity contribution in [3.8, 4) is 0 Å². The van der Waals surface area contributed by atoms with Gasteiger partial charge in [0.05, 0.1) is 0 Å². The van der Waals surface area contributed by atoms with Gasteiger partial charge >= 0.3 is 5.97 Å². The summed E-state index contributed by atoms with van der Waals surface area (Å²) in [6.45, 7) is 0.429. The number of thioether (sulfide) groups is 1. The van der Waals surface area contributed by atoms with Gasteiger partial charge in [0, 0.05) is 24.5 Å². The van der Waals surface area contributed by atoms with Crippen molar-refractivity contribution in [2.24, 2.45) is 0 Å². The van der Waals surface area contributed by atoms with Crippen molar-refractivity contribution in [1.29, 1.82) is 0 Å². The van der Waals surface area contributed by atoms with Gasteiger partial charge in [0.2, 0.25) is 0 Å². The standard InChI is InChI=1S/C15H17N3O2S/c1-21-15-17-9-12(10-18-15)8-16-13(14(19)20)7-11-5-3-2-4-6-11/h2-6,9-10,13,16H,7-8H2,1H3,(H,19,20). The molecule has 21 heavy (non-hydrogen) atoms. The Morgan fingerprint density at radius 1 is 1.24 bits per heavy atom. The molecule has 0 saturated carbocycles. The van der Waals surface area contributed by atoms with Crippen molar-refractivity contribution < 1.29 is 9.90 Å². The molecule has 5 nitrogen and oxygen atoms in total. The van der Waals surface area contributed by atoms with Gasteiger partial charge in [-0.05, 0) is 18.2 Å². The van der Waals surface area contributed by atoms with Crippen molar-refractivity contribution in [3.05, 3.63) is 53.9 Å². The molecule has 0 amide bonds. The molecule has 110 valence electrons. The summed E-state index contributed by atoms with van der Waals surface area (Å²) in [5.74, 6) is -0.861. The molecule has 0 aliphatic carbocycles. The van der Waals surface area contributed by atoms with Gasteiger partial charge in [-0.1, -0.05) is 42.1 Å². The first-order valence-electron chi connectivity index (χ1n) is 6.54. The van der Waals surface area contributed by atoms with E-state index in [2.05, 4.69) is 15.3 Å². The number of aromatic nitrogens is 2. The molecule has 0 aliphatic rings. The number of rotatable bonds is 7. The number of aliphatic carboxylic acids is 1. The number of carbonyl (C=O) groups is 1. The maximum atomic E-state index is 11.3. The molecule has 1 unspecified atom stereocenters. The number of nitrogens with zero attached hydrogens (tertiary/aromatic N) is 2. The molecule has 0 aliphatic heterocycles. The summed E-state index contributed by atoms with van der Waals surface area (Å²) < 4.78 is 0. The highest BCUT2D eigenvalue weighted by Gasteiger charge is 2.17. The summed E-state index contributed by atoms with van der Waals surface area (Å²) in [5, 5.41) is 13.0. The Kier molecular flexibility index (Phi) is 5.71. The van der Waals surface area contributed by atoms with E-state index in [1.165, 1.54) is 11.8 Å². The lowest BCUT2D eigenvalue weighted by Crippen LogP contribution is -2.38. The van der Waals surface area contributed by atoms with Crippen LogP contribution in [0.3, 0.4) is 0 Å². The molecule has 1 aromatic heterocycles. The zero-order valence-corrected chi connectivity index (χ0v) is 12.5. The topological polar surface area (TPSA) is 75.1 Å². The molecule has 6 heteroatoms. The van der Waals surface area contributed by atoms with E-state index in [-0.39, 0.29) is 0 Å². The van der Waals surface area contributed by atoms with E-state index in [0.29, 0.717) is 18.1 Å². The molecular weight excluding hydrogens is 286 g/mol. The van der Waals surface area contributed by atoms with Gasteiger partial charge in [-0.25, -0.2) is 9.97 Å². The van der Waals surface area contributed by atoms with Crippen molar-refractivity contribution in [2.45, 2.75) is 24.2 Å². The Balaban J connectivity index is 1.95. The van der Waals surface area contributed by atoms with Crippen LogP contribution in [0.1, 0.15) is 11.1 Å². The van der Waals surface area contributed by atoms with Crippen molar-refractivity contribution in [1.82, 2.24) is 15.3 Å². The molecule has 0 fully saturated rings. The van der Waals surface area contributed by atoms with Gasteiger partial charge in [-0.3, -0.25) is 10.1 Å². The third-order valence-electron chi connectivity index (χ3n) is 3.00. The van der Waals surface area contributed by atoms with Gasteiger partial charge in [-0.15, -0.1) is 0 Å². The molecule has 1 atom stereocenters.